The molecule has 0 aliphatic heterocycles. The molecule has 0 bridgehead atoms. The van der Waals surface area contributed by atoms with Crippen molar-refractivity contribution < 1.29 is 5.11 Å². The molecule has 0 atom stereocenters. The number of fused-ring (bicyclic) bond motifs is 1. The first kappa shape index (κ1) is 21.5. The molecule has 0 aliphatic rings. The van der Waals surface area contributed by atoms with Crippen molar-refractivity contribution in [3.05, 3.63) is 84.7 Å². The summed E-state index contributed by atoms with van der Waals surface area (Å²) in [6.07, 6.45) is 9.00. The lowest BCUT2D eigenvalue weighted by Crippen LogP contribution is -2.17. The molecule has 9 heteroatoms. The average molecular weight is 453 g/mol. The Balaban J connectivity index is 1.39. The van der Waals surface area contributed by atoms with Crippen molar-refractivity contribution in [3.8, 4) is 5.69 Å². The fraction of sp³-hybridized carbons (Fsp3) is 0.160. The SMILES string of the molecule is Cc1cnc(Nc2cnc3c(ccn3-c3cccnc3)c2)nc1Nc1cccc(C(C)(C)O)n1. The van der Waals surface area contributed by atoms with Gasteiger partial charge in [-0.3, -0.25) is 9.55 Å². The second-order valence-electron chi connectivity index (χ2n) is 8.48. The molecule has 34 heavy (non-hydrogen) atoms. The van der Waals surface area contributed by atoms with E-state index in [4.69, 9.17) is 0 Å². The Bertz CT molecular complexity index is 1460. The highest BCUT2D eigenvalue weighted by atomic mass is 16.3. The third-order valence-electron chi connectivity index (χ3n) is 5.30. The summed E-state index contributed by atoms with van der Waals surface area (Å²) in [5, 5.41) is 17.7. The van der Waals surface area contributed by atoms with Gasteiger partial charge in [-0.15, -0.1) is 0 Å². The van der Waals surface area contributed by atoms with Gasteiger partial charge in [0.2, 0.25) is 5.95 Å². The maximum absolute atomic E-state index is 10.2. The van der Waals surface area contributed by atoms with E-state index in [-0.39, 0.29) is 0 Å². The Labute approximate surface area is 196 Å². The number of nitrogens with zero attached hydrogens (tertiary/aromatic N) is 6. The summed E-state index contributed by atoms with van der Waals surface area (Å²) in [4.78, 5) is 22.3. The average Bonchev–Trinajstić information content (AvgIpc) is 3.25. The highest BCUT2D eigenvalue weighted by Crippen LogP contribution is 2.25. The molecule has 5 rings (SSSR count). The minimum absolute atomic E-state index is 0.430. The Morgan fingerprint density at radius 3 is 2.62 bits per heavy atom. The lowest BCUT2D eigenvalue weighted by molar-refractivity contribution is 0.0740. The summed E-state index contributed by atoms with van der Waals surface area (Å²) in [6, 6.07) is 13.3. The Morgan fingerprint density at radius 1 is 0.941 bits per heavy atom. The molecule has 0 radical (unpaired) electrons. The molecule has 170 valence electrons. The van der Waals surface area contributed by atoms with E-state index in [1.54, 1.807) is 44.7 Å². The highest BCUT2D eigenvalue weighted by molar-refractivity contribution is 5.82. The first-order valence-corrected chi connectivity index (χ1v) is 10.8. The second kappa shape index (κ2) is 8.53. The van der Waals surface area contributed by atoms with Crippen molar-refractivity contribution in [1.82, 2.24) is 29.5 Å². The fourth-order valence-electron chi connectivity index (χ4n) is 3.52. The van der Waals surface area contributed by atoms with Crippen LogP contribution in [0.25, 0.3) is 16.7 Å². The maximum Gasteiger partial charge on any atom is 0.229 e. The minimum Gasteiger partial charge on any atom is -0.384 e. The van der Waals surface area contributed by atoms with E-state index in [0.717, 1.165) is 28.0 Å². The summed E-state index contributed by atoms with van der Waals surface area (Å²) >= 11 is 0. The zero-order valence-electron chi connectivity index (χ0n) is 19.1. The maximum atomic E-state index is 10.2. The van der Waals surface area contributed by atoms with Gasteiger partial charge in [0, 0.05) is 29.5 Å². The largest absolute Gasteiger partial charge is 0.384 e. The first-order chi connectivity index (χ1) is 16.4. The van der Waals surface area contributed by atoms with Crippen LogP contribution in [-0.2, 0) is 5.60 Å². The Hall–Kier alpha value is -4.37. The van der Waals surface area contributed by atoms with E-state index < -0.39 is 5.60 Å². The van der Waals surface area contributed by atoms with Crippen molar-refractivity contribution in [2.24, 2.45) is 0 Å². The molecule has 5 heterocycles. The highest BCUT2D eigenvalue weighted by Gasteiger charge is 2.18. The second-order valence-corrected chi connectivity index (χ2v) is 8.48. The van der Waals surface area contributed by atoms with Gasteiger partial charge in [-0.05, 0) is 57.2 Å². The van der Waals surface area contributed by atoms with Crippen LogP contribution in [0.1, 0.15) is 25.1 Å². The Kier molecular flexibility index (Phi) is 5.39. The lowest BCUT2D eigenvalue weighted by atomic mass is 10.1. The monoisotopic (exact) mass is 452 g/mol. The third-order valence-corrected chi connectivity index (χ3v) is 5.30. The van der Waals surface area contributed by atoms with E-state index in [1.807, 2.05) is 54.1 Å². The van der Waals surface area contributed by atoms with Gasteiger partial charge in [0.25, 0.3) is 0 Å². The van der Waals surface area contributed by atoms with Crippen LogP contribution < -0.4 is 10.6 Å². The van der Waals surface area contributed by atoms with Crippen LogP contribution in [0.15, 0.2) is 73.4 Å². The predicted molar refractivity (Wildman–Crippen MR) is 132 cm³/mol. The molecule has 3 N–H and O–H groups in total. The minimum atomic E-state index is -1.03. The molecular weight excluding hydrogens is 428 g/mol. The van der Waals surface area contributed by atoms with Crippen molar-refractivity contribution >= 4 is 34.3 Å². The molecule has 5 aromatic heterocycles. The van der Waals surface area contributed by atoms with E-state index >= 15 is 0 Å². The molecule has 0 saturated carbocycles. The molecule has 0 fully saturated rings. The smallest absolute Gasteiger partial charge is 0.229 e. The Morgan fingerprint density at radius 2 is 1.82 bits per heavy atom. The van der Waals surface area contributed by atoms with Crippen molar-refractivity contribution in [2.45, 2.75) is 26.4 Å². The topological polar surface area (TPSA) is 114 Å². The van der Waals surface area contributed by atoms with Crippen LogP contribution in [0.4, 0.5) is 23.3 Å². The third kappa shape index (κ3) is 4.41. The summed E-state index contributed by atoms with van der Waals surface area (Å²) in [6.45, 7) is 5.32. The van der Waals surface area contributed by atoms with Gasteiger partial charge < -0.3 is 15.7 Å². The summed E-state index contributed by atoms with van der Waals surface area (Å²) < 4.78 is 1.99. The van der Waals surface area contributed by atoms with Gasteiger partial charge in [-0.1, -0.05) is 6.07 Å². The van der Waals surface area contributed by atoms with Gasteiger partial charge in [0.05, 0.1) is 29.5 Å². The molecule has 0 aliphatic carbocycles. The predicted octanol–water partition coefficient (Wildman–Crippen LogP) is 4.63. The van der Waals surface area contributed by atoms with Gasteiger partial charge in [-0.25, -0.2) is 15.0 Å². The normalized spacial score (nSPS) is 11.5. The number of pyridine rings is 3. The van der Waals surface area contributed by atoms with E-state index in [9.17, 15) is 5.11 Å². The van der Waals surface area contributed by atoms with Gasteiger partial charge in [0.1, 0.15) is 22.9 Å². The molecular formula is C25H24N8O. The van der Waals surface area contributed by atoms with Crippen LogP contribution in [-0.4, -0.2) is 34.6 Å². The van der Waals surface area contributed by atoms with E-state index in [2.05, 4.69) is 35.6 Å². The zero-order chi connectivity index (χ0) is 23.7. The number of rotatable bonds is 6. The molecule has 0 unspecified atom stereocenters. The number of nitrogens with one attached hydrogen (secondary N) is 2. The molecule has 0 aromatic carbocycles. The zero-order valence-corrected chi connectivity index (χ0v) is 19.1. The number of aliphatic hydroxyl groups is 1. The van der Waals surface area contributed by atoms with Gasteiger partial charge >= 0.3 is 0 Å². The number of aromatic nitrogens is 6. The van der Waals surface area contributed by atoms with Crippen LogP contribution >= 0.6 is 0 Å². The van der Waals surface area contributed by atoms with Gasteiger partial charge in [-0.2, -0.15) is 4.98 Å². The molecule has 0 spiro atoms. The number of aryl methyl sites for hydroxylation is 1. The van der Waals surface area contributed by atoms with Crippen LogP contribution in [0.3, 0.4) is 0 Å². The van der Waals surface area contributed by atoms with Crippen LogP contribution in [0, 0.1) is 6.92 Å². The molecule has 5 aromatic rings. The summed E-state index contributed by atoms with van der Waals surface area (Å²) in [5.41, 5.74) is 2.96. The first-order valence-electron chi connectivity index (χ1n) is 10.8. The van der Waals surface area contributed by atoms with Gasteiger partial charge in [0.15, 0.2) is 0 Å². The number of anilines is 4. The van der Waals surface area contributed by atoms with E-state index in [1.165, 1.54) is 0 Å². The number of hydrogen-bond acceptors (Lipinski definition) is 8. The summed E-state index contributed by atoms with van der Waals surface area (Å²) in [5.74, 6) is 1.64. The van der Waals surface area contributed by atoms with E-state index in [0.29, 0.717) is 23.3 Å². The fourth-order valence-corrected chi connectivity index (χ4v) is 3.52. The van der Waals surface area contributed by atoms with Crippen LogP contribution in [0.2, 0.25) is 0 Å². The standard InChI is InChI=1S/C25H24N8O/c1-16-13-28-24(32-22(16)31-21-8-4-7-20(30-21)25(2,3)34)29-18-12-17-9-11-33(23(17)27-14-18)19-6-5-10-26-15-19/h4-15,34H,1-3H3,(H2,28,29,30,31,32). The molecule has 9 nitrogen and oxygen atoms in total. The van der Waals surface area contributed by atoms with Crippen molar-refractivity contribution in [2.75, 3.05) is 10.6 Å². The summed E-state index contributed by atoms with van der Waals surface area (Å²) in [7, 11) is 0. The van der Waals surface area contributed by atoms with Crippen molar-refractivity contribution in [3.63, 3.8) is 0 Å². The molecule has 0 saturated heterocycles. The number of hydrogen-bond donors (Lipinski definition) is 3. The molecule has 0 amide bonds. The lowest BCUT2D eigenvalue weighted by Gasteiger charge is -2.17. The van der Waals surface area contributed by atoms with Crippen LogP contribution in [0.5, 0.6) is 0 Å². The quantitative estimate of drug-likeness (QED) is 0.342. The van der Waals surface area contributed by atoms with Crippen molar-refractivity contribution in [1.29, 1.82) is 0 Å².